The van der Waals surface area contributed by atoms with Crippen LogP contribution in [0.4, 0.5) is 0 Å². The summed E-state index contributed by atoms with van der Waals surface area (Å²) in [6.45, 7) is 12.6. The molecule has 0 spiro atoms. The van der Waals surface area contributed by atoms with E-state index in [9.17, 15) is 5.11 Å². The molecule has 3 aliphatic rings. The molecule has 4 aromatic carbocycles. The first-order valence-corrected chi connectivity index (χ1v) is 22.2. The molecule has 0 unspecified atom stereocenters. The Kier molecular flexibility index (Phi) is 9.18. The molecule has 3 aliphatic carbocycles. The van der Waals surface area contributed by atoms with E-state index in [4.69, 9.17) is 18.4 Å². The van der Waals surface area contributed by atoms with Gasteiger partial charge in [-0.15, -0.1) is 0 Å². The fraction of sp³-hybridized carbons (Fsp3) is 0.370. The fourth-order valence-electron chi connectivity index (χ4n) is 8.98. The van der Waals surface area contributed by atoms with E-state index in [1.807, 2.05) is 80.5 Å². The van der Waals surface area contributed by atoms with Gasteiger partial charge in [-0.05, 0) is 120 Å². The van der Waals surface area contributed by atoms with Gasteiger partial charge in [0.25, 0.3) is 5.88 Å². The van der Waals surface area contributed by atoms with Crippen molar-refractivity contribution in [2.24, 2.45) is 11.8 Å². The van der Waals surface area contributed by atoms with Crippen LogP contribution in [0.2, 0.25) is 18.1 Å². The summed E-state index contributed by atoms with van der Waals surface area (Å²) >= 11 is 0. The second-order valence-corrected chi connectivity index (χ2v) is 22.1. The number of nitrogens with zero attached hydrogens (tertiary/aromatic N) is 2. The van der Waals surface area contributed by atoms with E-state index in [2.05, 4.69) is 63.3 Å². The van der Waals surface area contributed by atoms with Crippen LogP contribution in [0.1, 0.15) is 71.6 Å². The van der Waals surface area contributed by atoms with Crippen LogP contribution in [0, 0.1) is 18.8 Å². The summed E-state index contributed by atoms with van der Waals surface area (Å²) in [5, 5.41) is 18.5. The van der Waals surface area contributed by atoms with Gasteiger partial charge in [-0.25, -0.2) is 0 Å². The van der Waals surface area contributed by atoms with Gasteiger partial charge in [0.05, 0.1) is 13.2 Å². The number of ketones is 2. The lowest BCUT2D eigenvalue weighted by atomic mass is 9.57. The maximum absolute atomic E-state index is 15.8. The van der Waals surface area contributed by atoms with Crippen LogP contribution >= 0.6 is 0 Å². The lowest BCUT2D eigenvalue weighted by Gasteiger charge is -2.55. The monoisotopic (exact) mass is 770 g/mol. The first kappa shape index (κ1) is 37.9. The van der Waals surface area contributed by atoms with Gasteiger partial charge in [-0.1, -0.05) is 81.4 Å². The number of aliphatic hydroxyl groups is 1. The topological polar surface area (TPSA) is 111 Å². The number of benzene rings is 4. The van der Waals surface area contributed by atoms with E-state index in [0.717, 1.165) is 44.3 Å². The molecule has 0 bridgehead atoms. The molecule has 0 amide bonds. The van der Waals surface area contributed by atoms with Gasteiger partial charge in [0.2, 0.25) is 11.6 Å². The highest BCUT2D eigenvalue weighted by Crippen LogP contribution is 2.59. The summed E-state index contributed by atoms with van der Waals surface area (Å²) in [6.07, 6.45) is 0.949. The zero-order chi connectivity index (χ0) is 39.9. The Morgan fingerprint density at radius 3 is 2.38 bits per heavy atom. The third-order valence-electron chi connectivity index (χ3n) is 12.8. The predicted molar refractivity (Wildman–Crippen MR) is 220 cm³/mol. The van der Waals surface area contributed by atoms with Crippen LogP contribution in [-0.4, -0.2) is 61.9 Å². The van der Waals surface area contributed by atoms with Gasteiger partial charge in [-0.3, -0.25) is 14.5 Å². The lowest BCUT2D eigenvalue weighted by molar-refractivity contribution is -0.140. The molecule has 0 aliphatic heterocycles. The van der Waals surface area contributed by atoms with Crippen LogP contribution in [0.25, 0.3) is 27.7 Å². The standard InChI is InChI=1S/C46H50N2O7Si/c1-26-34-23-29(28-16-13-17-33(22-28)52-7)18-19-30(34)20-31-21-32-24-35-39(48(5)6)41-38(44(47-54-41)53-25-27-14-11-10-12-15-27)43(51)46(35,55-56(8,9)45(2,3)4)42(50)37(32)40(49)36(26)31/h10-20,22-23,32,35,39,49H,21,24-25H2,1-9H3/t32-,35-,39-,46-/m0/s1. The molecule has 4 atom stereocenters. The number of carbonyl (C=O) groups is 2. The Hall–Kier alpha value is -5.03. The molecule has 1 aromatic heterocycles. The van der Waals surface area contributed by atoms with Gasteiger partial charge in [0.1, 0.15) is 23.7 Å². The Labute approximate surface area is 329 Å². The second kappa shape index (κ2) is 13.6. The Morgan fingerprint density at radius 2 is 1.68 bits per heavy atom. The number of carbonyl (C=O) groups excluding carboxylic acids is 2. The molecule has 5 aromatic rings. The average Bonchev–Trinajstić information content (AvgIpc) is 3.58. The second-order valence-electron chi connectivity index (χ2n) is 17.4. The van der Waals surface area contributed by atoms with Crippen molar-refractivity contribution < 1.29 is 33.1 Å². The number of aryl methyl sites for hydroxylation is 1. The van der Waals surface area contributed by atoms with E-state index >= 15 is 9.59 Å². The first-order chi connectivity index (χ1) is 26.6. The molecule has 1 N–H and O–H groups in total. The average molecular weight is 771 g/mol. The summed E-state index contributed by atoms with van der Waals surface area (Å²) in [5.74, 6) is -0.864. The van der Waals surface area contributed by atoms with E-state index in [0.29, 0.717) is 24.2 Å². The highest BCUT2D eigenvalue weighted by Gasteiger charge is 2.68. The maximum atomic E-state index is 15.8. The van der Waals surface area contributed by atoms with Gasteiger partial charge >= 0.3 is 0 Å². The smallest absolute Gasteiger partial charge is 0.265 e. The minimum atomic E-state index is -2.86. The highest BCUT2D eigenvalue weighted by molar-refractivity contribution is 6.74. The predicted octanol–water partition coefficient (Wildman–Crippen LogP) is 9.68. The molecular formula is C46H50N2O7Si. The number of fused-ring (bicyclic) bond motifs is 5. The Morgan fingerprint density at radius 1 is 0.946 bits per heavy atom. The van der Waals surface area contributed by atoms with E-state index in [-0.39, 0.29) is 40.3 Å². The van der Waals surface area contributed by atoms with Crippen LogP contribution < -0.4 is 9.47 Å². The maximum Gasteiger partial charge on any atom is 0.265 e. The zero-order valence-electron chi connectivity index (χ0n) is 33.7. The molecular weight excluding hydrogens is 721 g/mol. The molecule has 8 rings (SSSR count). The number of aromatic nitrogens is 1. The van der Waals surface area contributed by atoms with Crippen molar-refractivity contribution in [2.75, 3.05) is 21.2 Å². The van der Waals surface area contributed by atoms with Gasteiger partial charge in [0.15, 0.2) is 19.7 Å². The summed E-state index contributed by atoms with van der Waals surface area (Å²) in [6, 6.07) is 25.5. The molecule has 1 heterocycles. The number of methoxy groups -OCH3 is 1. The zero-order valence-corrected chi connectivity index (χ0v) is 34.7. The van der Waals surface area contributed by atoms with Gasteiger partial charge in [0, 0.05) is 17.1 Å². The number of hydrogen-bond donors (Lipinski definition) is 1. The Balaban J connectivity index is 1.30. The number of Topliss-reactive ketones (excluding diaryl/α,β-unsaturated/α-hetero) is 2. The van der Waals surface area contributed by atoms with E-state index < -0.39 is 37.4 Å². The molecule has 290 valence electrons. The third-order valence-corrected chi connectivity index (χ3v) is 17.2. The molecule has 0 radical (unpaired) electrons. The summed E-state index contributed by atoms with van der Waals surface area (Å²) < 4.78 is 25.0. The van der Waals surface area contributed by atoms with Crippen molar-refractivity contribution in [3.63, 3.8) is 0 Å². The van der Waals surface area contributed by atoms with E-state index in [1.165, 1.54) is 0 Å². The molecule has 10 heteroatoms. The van der Waals surface area contributed by atoms with Crippen molar-refractivity contribution in [3.05, 3.63) is 118 Å². The van der Waals surface area contributed by atoms with Crippen molar-refractivity contribution in [2.45, 2.75) is 76.9 Å². The number of ether oxygens (including phenoxy) is 2. The summed E-state index contributed by atoms with van der Waals surface area (Å²) in [4.78, 5) is 33.2. The third kappa shape index (κ3) is 5.83. The quantitative estimate of drug-likeness (QED) is 0.122. The fourth-order valence-corrected chi connectivity index (χ4v) is 10.4. The van der Waals surface area contributed by atoms with Crippen LogP contribution in [0.3, 0.4) is 0 Å². The molecule has 0 saturated heterocycles. The molecule has 9 nitrogen and oxygen atoms in total. The minimum absolute atomic E-state index is 0.0358. The van der Waals surface area contributed by atoms with Gasteiger partial charge < -0.3 is 23.5 Å². The van der Waals surface area contributed by atoms with Gasteiger partial charge in [-0.2, -0.15) is 0 Å². The van der Waals surface area contributed by atoms with Crippen LogP contribution in [0.15, 0.2) is 89.0 Å². The molecule has 1 saturated carbocycles. The molecule has 56 heavy (non-hydrogen) atoms. The minimum Gasteiger partial charge on any atom is -0.507 e. The SMILES string of the molecule is COc1cccc(-c2ccc3cc4c(c(C)c3c2)C(O)=C2C(=O)[C@]3(O[Si](C)(C)C(C)(C)C)C(=O)c5c(OCc6ccccc6)noc5[C@@H](N(C)C)[C@@H]3C[C@@H]2C4)c1. The Bertz CT molecular complexity index is 2430. The number of rotatable bonds is 8. The number of hydrogen-bond acceptors (Lipinski definition) is 9. The largest absolute Gasteiger partial charge is 0.507 e. The highest BCUT2D eigenvalue weighted by atomic mass is 28.4. The normalized spacial score (nSPS) is 22.1. The summed E-state index contributed by atoms with van der Waals surface area (Å²) in [7, 11) is 2.65. The van der Waals surface area contributed by atoms with Crippen molar-refractivity contribution in [1.29, 1.82) is 0 Å². The van der Waals surface area contributed by atoms with Crippen molar-refractivity contribution in [1.82, 2.24) is 10.1 Å². The van der Waals surface area contributed by atoms with E-state index in [1.54, 1.807) is 7.11 Å². The number of aliphatic hydroxyl groups excluding tert-OH is 1. The lowest BCUT2D eigenvalue weighted by Crippen LogP contribution is -2.68. The van der Waals surface area contributed by atoms with Crippen LogP contribution in [-0.2, 0) is 22.2 Å². The first-order valence-electron chi connectivity index (χ1n) is 19.3. The van der Waals surface area contributed by atoms with Crippen LogP contribution in [0.5, 0.6) is 11.6 Å². The van der Waals surface area contributed by atoms with Crippen molar-refractivity contribution >= 4 is 36.4 Å². The summed E-state index contributed by atoms with van der Waals surface area (Å²) in [5.41, 5.74) is 3.86. The van der Waals surface area contributed by atoms with Crippen molar-refractivity contribution in [3.8, 4) is 22.8 Å². The molecule has 1 fully saturated rings.